The summed E-state index contributed by atoms with van der Waals surface area (Å²) in [6, 6.07) is 25.2. The highest BCUT2D eigenvalue weighted by molar-refractivity contribution is 8.00. The van der Waals surface area contributed by atoms with Crippen LogP contribution in [0.3, 0.4) is 0 Å². The standard InChI is InChI=1S/C32H35N3OS/c33-22-29-28(24-13-5-1-6-14-24)21-30(25-15-7-2-8-16-25)34-32(29)37-23-31(36)35(26-17-9-3-10-18-26)27-19-11-4-12-20-27/h1-2,5-8,13-16,21,26-27H,3-4,9-12,17-20,23H2. The van der Waals surface area contributed by atoms with E-state index in [0.29, 0.717) is 28.4 Å². The van der Waals surface area contributed by atoms with Crippen LogP contribution in [0.15, 0.2) is 71.8 Å². The second-order valence-corrected chi connectivity index (χ2v) is 11.2. The summed E-state index contributed by atoms with van der Waals surface area (Å²) in [5.74, 6) is 0.530. The van der Waals surface area contributed by atoms with Crippen LogP contribution in [-0.4, -0.2) is 33.6 Å². The largest absolute Gasteiger partial charge is 0.336 e. The predicted octanol–water partition coefficient (Wildman–Crippen LogP) is 7.87. The zero-order chi connectivity index (χ0) is 25.5. The summed E-state index contributed by atoms with van der Waals surface area (Å²) in [5, 5.41) is 10.8. The van der Waals surface area contributed by atoms with Crippen molar-refractivity contribution in [2.24, 2.45) is 0 Å². The number of nitrogens with zero attached hydrogens (tertiary/aromatic N) is 3. The van der Waals surface area contributed by atoms with Crippen molar-refractivity contribution in [1.82, 2.24) is 9.88 Å². The predicted molar refractivity (Wildman–Crippen MR) is 151 cm³/mol. The molecule has 0 radical (unpaired) electrons. The smallest absolute Gasteiger partial charge is 0.233 e. The molecule has 1 amide bonds. The molecule has 2 aromatic carbocycles. The Balaban J connectivity index is 1.46. The van der Waals surface area contributed by atoms with Crippen LogP contribution in [0, 0.1) is 11.3 Å². The number of aromatic nitrogens is 1. The first kappa shape index (κ1) is 25.5. The molecule has 5 rings (SSSR count). The number of carbonyl (C=O) groups excluding carboxylic acids is 1. The normalized spacial score (nSPS) is 16.7. The highest BCUT2D eigenvalue weighted by atomic mass is 32.2. The molecular formula is C32H35N3OS. The molecule has 2 aliphatic rings. The van der Waals surface area contributed by atoms with E-state index < -0.39 is 0 Å². The summed E-state index contributed by atoms with van der Waals surface area (Å²) in [5.41, 5.74) is 4.22. The second kappa shape index (κ2) is 12.4. The molecule has 0 N–H and O–H groups in total. The average molecular weight is 510 g/mol. The third-order valence-corrected chi connectivity index (χ3v) is 8.77. The Hall–Kier alpha value is -3.10. The minimum absolute atomic E-state index is 0.209. The molecule has 0 bridgehead atoms. The van der Waals surface area contributed by atoms with Crippen molar-refractivity contribution < 1.29 is 4.79 Å². The van der Waals surface area contributed by atoms with Crippen LogP contribution in [0.4, 0.5) is 0 Å². The summed E-state index contributed by atoms with van der Waals surface area (Å²) in [6.45, 7) is 0. The van der Waals surface area contributed by atoms with E-state index >= 15 is 0 Å². The van der Waals surface area contributed by atoms with Gasteiger partial charge in [-0.3, -0.25) is 4.79 Å². The third kappa shape index (κ3) is 6.08. The van der Waals surface area contributed by atoms with Crippen LogP contribution < -0.4 is 0 Å². The highest BCUT2D eigenvalue weighted by Crippen LogP contribution is 2.36. The Morgan fingerprint density at radius 2 is 1.38 bits per heavy atom. The molecule has 0 aliphatic heterocycles. The van der Waals surface area contributed by atoms with E-state index in [1.54, 1.807) is 0 Å². The number of hydrogen-bond donors (Lipinski definition) is 0. The van der Waals surface area contributed by atoms with Gasteiger partial charge in [0.15, 0.2) is 0 Å². The maximum absolute atomic E-state index is 13.8. The van der Waals surface area contributed by atoms with Crippen molar-refractivity contribution in [2.45, 2.75) is 81.3 Å². The van der Waals surface area contributed by atoms with E-state index in [-0.39, 0.29) is 5.91 Å². The quantitative estimate of drug-likeness (QED) is 0.304. The maximum Gasteiger partial charge on any atom is 0.233 e. The lowest BCUT2D eigenvalue weighted by Crippen LogP contribution is -2.49. The topological polar surface area (TPSA) is 57.0 Å². The molecule has 0 unspecified atom stereocenters. The highest BCUT2D eigenvalue weighted by Gasteiger charge is 2.32. The monoisotopic (exact) mass is 509 g/mol. The van der Waals surface area contributed by atoms with Gasteiger partial charge in [0.25, 0.3) is 0 Å². The lowest BCUT2D eigenvalue weighted by Gasteiger charge is -2.41. The van der Waals surface area contributed by atoms with Crippen LogP contribution in [-0.2, 0) is 4.79 Å². The summed E-state index contributed by atoms with van der Waals surface area (Å²) < 4.78 is 0. The van der Waals surface area contributed by atoms with Gasteiger partial charge in [0.2, 0.25) is 5.91 Å². The lowest BCUT2D eigenvalue weighted by atomic mass is 9.88. The molecule has 0 spiro atoms. The van der Waals surface area contributed by atoms with Crippen LogP contribution in [0.2, 0.25) is 0 Å². The van der Waals surface area contributed by atoms with Gasteiger partial charge in [0.05, 0.1) is 17.0 Å². The molecule has 0 atom stereocenters. The van der Waals surface area contributed by atoms with Gasteiger partial charge in [-0.15, -0.1) is 0 Å². The van der Waals surface area contributed by atoms with Crippen LogP contribution in [0.25, 0.3) is 22.4 Å². The molecule has 1 aromatic heterocycles. The van der Waals surface area contributed by atoms with Crippen LogP contribution in [0.1, 0.15) is 69.8 Å². The fraction of sp³-hybridized carbons (Fsp3) is 0.406. The molecule has 0 saturated heterocycles. The molecule has 37 heavy (non-hydrogen) atoms. The first-order chi connectivity index (χ1) is 18.2. The Morgan fingerprint density at radius 3 is 1.92 bits per heavy atom. The van der Waals surface area contributed by atoms with Gasteiger partial charge in [-0.05, 0) is 37.3 Å². The Kier molecular flexibility index (Phi) is 8.58. The number of benzene rings is 2. The summed E-state index contributed by atoms with van der Waals surface area (Å²) in [6.07, 6.45) is 11.9. The van der Waals surface area contributed by atoms with E-state index in [9.17, 15) is 10.1 Å². The van der Waals surface area contributed by atoms with Crippen LogP contribution in [0.5, 0.6) is 0 Å². The average Bonchev–Trinajstić information content (AvgIpc) is 2.97. The van der Waals surface area contributed by atoms with Gasteiger partial charge < -0.3 is 4.90 Å². The van der Waals surface area contributed by atoms with E-state index in [1.807, 2.05) is 66.7 Å². The third-order valence-electron chi connectivity index (χ3n) is 7.81. The van der Waals surface area contributed by atoms with Crippen molar-refractivity contribution in [2.75, 3.05) is 5.75 Å². The minimum atomic E-state index is 0.209. The molecule has 2 saturated carbocycles. The Labute approximate surface area is 225 Å². The van der Waals surface area contributed by atoms with Gasteiger partial charge in [0.1, 0.15) is 11.1 Å². The lowest BCUT2D eigenvalue weighted by molar-refractivity contribution is -0.135. The molecule has 5 heteroatoms. The molecule has 4 nitrogen and oxygen atoms in total. The molecule has 3 aromatic rings. The number of carbonyl (C=O) groups is 1. The van der Waals surface area contributed by atoms with Gasteiger partial charge in [-0.1, -0.05) is 111 Å². The first-order valence-electron chi connectivity index (χ1n) is 13.7. The number of amides is 1. The molecule has 2 fully saturated rings. The maximum atomic E-state index is 13.8. The van der Waals surface area contributed by atoms with Crippen LogP contribution >= 0.6 is 11.8 Å². The first-order valence-corrected chi connectivity index (χ1v) is 14.7. The van der Waals surface area contributed by atoms with Crippen molar-refractivity contribution >= 4 is 17.7 Å². The Morgan fingerprint density at radius 1 is 0.838 bits per heavy atom. The van der Waals surface area contributed by atoms with Gasteiger partial charge in [-0.2, -0.15) is 5.26 Å². The number of hydrogen-bond acceptors (Lipinski definition) is 4. The molecule has 1 heterocycles. The fourth-order valence-electron chi connectivity index (χ4n) is 5.96. The van der Waals surface area contributed by atoms with Gasteiger partial charge in [-0.25, -0.2) is 4.98 Å². The van der Waals surface area contributed by atoms with E-state index in [0.717, 1.165) is 48.1 Å². The van der Waals surface area contributed by atoms with E-state index in [1.165, 1.54) is 50.3 Å². The zero-order valence-corrected chi connectivity index (χ0v) is 22.3. The van der Waals surface area contributed by atoms with Gasteiger partial charge in [0, 0.05) is 23.2 Å². The number of pyridine rings is 1. The van der Waals surface area contributed by atoms with E-state index in [4.69, 9.17) is 4.98 Å². The Bertz CT molecular complexity index is 1210. The second-order valence-electron chi connectivity index (χ2n) is 10.3. The number of thioether (sulfide) groups is 1. The fourth-order valence-corrected chi connectivity index (χ4v) is 6.84. The minimum Gasteiger partial charge on any atom is -0.336 e. The van der Waals surface area contributed by atoms with Crippen molar-refractivity contribution in [3.8, 4) is 28.5 Å². The summed E-state index contributed by atoms with van der Waals surface area (Å²) in [4.78, 5) is 21.0. The van der Waals surface area contributed by atoms with Gasteiger partial charge >= 0.3 is 0 Å². The molecule has 2 aliphatic carbocycles. The summed E-state index contributed by atoms with van der Waals surface area (Å²) >= 11 is 1.43. The number of nitriles is 1. The van der Waals surface area contributed by atoms with Crippen molar-refractivity contribution in [3.63, 3.8) is 0 Å². The van der Waals surface area contributed by atoms with E-state index in [2.05, 4.69) is 11.0 Å². The number of rotatable bonds is 7. The van der Waals surface area contributed by atoms with Crippen molar-refractivity contribution in [3.05, 3.63) is 72.3 Å². The SMILES string of the molecule is N#Cc1c(-c2ccccc2)cc(-c2ccccc2)nc1SCC(=O)N(C1CCCCC1)C1CCCCC1. The zero-order valence-electron chi connectivity index (χ0n) is 21.4. The van der Waals surface area contributed by atoms with Crippen molar-refractivity contribution in [1.29, 1.82) is 5.26 Å². The molecule has 190 valence electrons. The summed E-state index contributed by atoms with van der Waals surface area (Å²) in [7, 11) is 0. The molecular weight excluding hydrogens is 474 g/mol.